The minimum absolute atomic E-state index is 0.657. The van der Waals surface area contributed by atoms with E-state index in [4.69, 9.17) is 0 Å². The third-order valence-corrected chi connectivity index (χ3v) is 2.24. The number of nitrogens with zero attached hydrogens (tertiary/aromatic N) is 2. The number of hydrogen-bond donors (Lipinski definition) is 0. The maximum atomic E-state index is 9.87. The molecule has 1 aliphatic heterocycles. The Balaban J connectivity index is 0.000000360. The van der Waals surface area contributed by atoms with Crippen molar-refractivity contribution >= 4 is 14.1 Å². The van der Waals surface area contributed by atoms with Gasteiger partial charge in [-0.15, -0.1) is 0 Å². The SMILES string of the molecule is CC[N+]1=[13CH]N(C(C)C)CCC1.F[P-](F)(F)(F)(F)F. The zero-order valence-corrected chi connectivity index (χ0v) is 11.5. The third kappa shape index (κ3) is 13.5. The predicted molar refractivity (Wildman–Crippen MR) is 61.8 cm³/mol. The zero-order chi connectivity index (χ0) is 14.7. The molecule has 0 saturated carbocycles. The van der Waals surface area contributed by atoms with Crippen LogP contribution in [0.25, 0.3) is 0 Å². The van der Waals surface area contributed by atoms with E-state index in [0.29, 0.717) is 6.04 Å². The molecule has 0 aromatic heterocycles. The summed E-state index contributed by atoms with van der Waals surface area (Å²) in [6.45, 7) is 10.3. The Kier molecular flexibility index (Phi) is 4.73. The molecule has 112 valence electrons. The van der Waals surface area contributed by atoms with E-state index in [1.807, 2.05) is 0 Å². The molecule has 1 heterocycles. The molecule has 0 bridgehead atoms. The van der Waals surface area contributed by atoms with E-state index in [-0.39, 0.29) is 0 Å². The Morgan fingerprint density at radius 3 is 1.94 bits per heavy atom. The molecule has 9 heteroatoms. The van der Waals surface area contributed by atoms with Crippen LogP contribution in [0.1, 0.15) is 27.2 Å². The van der Waals surface area contributed by atoms with Crippen LogP contribution in [-0.2, 0) is 0 Å². The molecule has 0 aromatic carbocycles. The zero-order valence-electron chi connectivity index (χ0n) is 10.6. The van der Waals surface area contributed by atoms with Crippen LogP contribution < -0.4 is 0 Å². The van der Waals surface area contributed by atoms with Gasteiger partial charge in [0.2, 0.25) is 6.34 Å². The molecule has 0 radical (unpaired) electrons. The first-order chi connectivity index (χ1) is 7.69. The van der Waals surface area contributed by atoms with Gasteiger partial charge >= 0.3 is 33.0 Å². The van der Waals surface area contributed by atoms with Crippen molar-refractivity contribution in [3.63, 3.8) is 0 Å². The summed E-state index contributed by atoms with van der Waals surface area (Å²) in [6, 6.07) is 0.657. The molecule has 2 nitrogen and oxygen atoms in total. The first-order valence-electron chi connectivity index (χ1n) is 5.60. The first-order valence-corrected chi connectivity index (χ1v) is 7.63. The van der Waals surface area contributed by atoms with Gasteiger partial charge in [0.15, 0.2) is 0 Å². The van der Waals surface area contributed by atoms with Crippen LogP contribution in [0.15, 0.2) is 0 Å². The molecule has 0 saturated heterocycles. The summed E-state index contributed by atoms with van der Waals surface area (Å²) in [6.07, 6.45) is 3.58. The summed E-state index contributed by atoms with van der Waals surface area (Å²) in [5.41, 5.74) is 0. The second kappa shape index (κ2) is 4.87. The van der Waals surface area contributed by atoms with Gasteiger partial charge in [0, 0.05) is 6.42 Å². The van der Waals surface area contributed by atoms with Crippen molar-refractivity contribution in [2.45, 2.75) is 33.2 Å². The second-order valence-electron chi connectivity index (χ2n) is 4.39. The molecule has 0 N–H and O–H groups in total. The molecular formula is C9H19F6N2P. The molecule has 0 aliphatic carbocycles. The average molecular weight is 301 g/mol. The summed E-state index contributed by atoms with van der Waals surface area (Å²) in [5.74, 6) is 0. The van der Waals surface area contributed by atoms with Gasteiger partial charge in [-0.1, -0.05) is 0 Å². The van der Waals surface area contributed by atoms with Gasteiger partial charge in [-0.2, -0.15) is 0 Å². The number of rotatable bonds is 2. The number of hydrogen-bond acceptors (Lipinski definition) is 1. The molecule has 0 fully saturated rings. The fourth-order valence-electron chi connectivity index (χ4n) is 1.41. The van der Waals surface area contributed by atoms with E-state index >= 15 is 0 Å². The average Bonchev–Trinajstić information content (AvgIpc) is 2.13. The Bertz CT molecular complexity index is 295. The molecule has 0 aromatic rings. The van der Waals surface area contributed by atoms with Crippen molar-refractivity contribution in [2.24, 2.45) is 0 Å². The molecule has 0 spiro atoms. The standard InChI is InChI=1S/C9H19N2.F6P/c1-4-10-6-5-7-11(8-10)9(2)3;1-7(2,3,4,5)6/h8-9H,4-7H2,1-3H3;/q+1;-1/i8+1;. The van der Waals surface area contributed by atoms with Crippen molar-refractivity contribution in [2.75, 3.05) is 19.6 Å². The summed E-state index contributed by atoms with van der Waals surface area (Å²) < 4.78 is 61.6. The normalized spacial score (nSPS) is 20.6. The van der Waals surface area contributed by atoms with Gasteiger partial charge in [-0.3, -0.25) is 9.48 Å². The quantitative estimate of drug-likeness (QED) is 0.314. The van der Waals surface area contributed by atoms with E-state index < -0.39 is 7.81 Å². The Morgan fingerprint density at radius 1 is 1.17 bits per heavy atom. The van der Waals surface area contributed by atoms with Gasteiger partial charge in [0.25, 0.3) is 0 Å². The van der Waals surface area contributed by atoms with Crippen LogP contribution in [0, 0.1) is 0 Å². The molecule has 0 unspecified atom stereocenters. The summed E-state index contributed by atoms with van der Waals surface area (Å²) in [4.78, 5) is 2.41. The Labute approximate surface area is 103 Å². The minimum atomic E-state index is -10.7. The molecule has 1 aliphatic rings. The maximum absolute atomic E-state index is 10.7. The van der Waals surface area contributed by atoms with Crippen molar-refractivity contribution < 1.29 is 29.8 Å². The third-order valence-electron chi connectivity index (χ3n) is 2.24. The van der Waals surface area contributed by atoms with E-state index in [2.05, 4.69) is 36.6 Å². The monoisotopic (exact) mass is 301 g/mol. The van der Waals surface area contributed by atoms with Crippen LogP contribution in [-0.4, -0.2) is 41.5 Å². The van der Waals surface area contributed by atoms with Crippen LogP contribution in [0.2, 0.25) is 0 Å². The van der Waals surface area contributed by atoms with E-state index in [1.54, 1.807) is 0 Å². The summed E-state index contributed by atoms with van der Waals surface area (Å²) in [7, 11) is -10.7. The van der Waals surface area contributed by atoms with E-state index in [9.17, 15) is 25.2 Å². The van der Waals surface area contributed by atoms with Gasteiger partial charge in [-0.25, -0.2) is 0 Å². The first kappa shape index (κ1) is 17.5. The Hall–Kier alpha value is -0.520. The predicted octanol–water partition coefficient (Wildman–Crippen LogP) is 4.54. The van der Waals surface area contributed by atoms with Crippen molar-refractivity contribution in [1.82, 2.24) is 4.90 Å². The fraction of sp³-hybridized carbons (Fsp3) is 0.889. The summed E-state index contributed by atoms with van der Waals surface area (Å²) in [5, 5.41) is 0. The number of halogens is 6. The fourth-order valence-corrected chi connectivity index (χ4v) is 1.41. The van der Waals surface area contributed by atoms with Crippen LogP contribution in [0.4, 0.5) is 25.2 Å². The van der Waals surface area contributed by atoms with Crippen LogP contribution in [0.3, 0.4) is 0 Å². The van der Waals surface area contributed by atoms with Gasteiger partial charge < -0.3 is 0 Å². The summed E-state index contributed by atoms with van der Waals surface area (Å²) >= 11 is 0. The van der Waals surface area contributed by atoms with Crippen molar-refractivity contribution in [3.8, 4) is 0 Å². The second-order valence-corrected chi connectivity index (χ2v) is 6.30. The molecular weight excluding hydrogens is 282 g/mol. The topological polar surface area (TPSA) is 6.25 Å². The van der Waals surface area contributed by atoms with Gasteiger partial charge in [-0.05, 0) is 20.8 Å². The van der Waals surface area contributed by atoms with Crippen LogP contribution in [0.5, 0.6) is 0 Å². The van der Waals surface area contributed by atoms with Crippen molar-refractivity contribution in [1.29, 1.82) is 0 Å². The molecule has 0 atom stereocenters. The Morgan fingerprint density at radius 2 is 1.61 bits per heavy atom. The molecule has 0 amide bonds. The molecule has 1 rings (SSSR count). The van der Waals surface area contributed by atoms with Crippen molar-refractivity contribution in [3.05, 3.63) is 0 Å². The van der Waals surface area contributed by atoms with Gasteiger partial charge in [0.05, 0.1) is 25.7 Å². The van der Waals surface area contributed by atoms with E-state index in [0.717, 1.165) is 6.54 Å². The van der Waals surface area contributed by atoms with Gasteiger partial charge in [0.1, 0.15) is 0 Å². The molecule has 18 heavy (non-hydrogen) atoms. The van der Waals surface area contributed by atoms with E-state index in [1.165, 1.54) is 19.5 Å². The van der Waals surface area contributed by atoms with Crippen LogP contribution >= 0.6 is 7.81 Å².